The van der Waals surface area contributed by atoms with Crippen molar-refractivity contribution in [3.8, 4) is 0 Å². The molecule has 1 unspecified atom stereocenters. The van der Waals surface area contributed by atoms with Crippen molar-refractivity contribution in [2.24, 2.45) is 5.73 Å². The highest BCUT2D eigenvalue weighted by Crippen LogP contribution is 2.03. The van der Waals surface area contributed by atoms with Crippen LogP contribution >= 0.6 is 15.6 Å². The monoisotopic (exact) mass is 279 g/mol. The molecule has 10 nitrogen and oxygen atoms in total. The van der Waals surface area contributed by atoms with Gasteiger partial charge in [0.15, 0.2) is 0 Å². The average molecular weight is 279 g/mol. The fourth-order valence-electron chi connectivity index (χ4n) is 0. The van der Waals surface area contributed by atoms with E-state index in [1.807, 2.05) is 6.92 Å². The van der Waals surface area contributed by atoms with Gasteiger partial charge in [0.2, 0.25) is 0 Å². The topological polar surface area (TPSA) is 219 Å². The first-order chi connectivity index (χ1) is 6.56. The Bertz CT molecular complexity index is 212. The van der Waals surface area contributed by atoms with Gasteiger partial charge in [0.05, 0.1) is 0 Å². The van der Waals surface area contributed by atoms with Gasteiger partial charge in [-0.25, -0.2) is 0 Å². The number of hydrogen-bond donors (Lipinski definition) is 2. The van der Waals surface area contributed by atoms with E-state index in [2.05, 4.69) is 0 Å². The Hall–Kier alpha value is 0.140. The average Bonchev–Trinajstić information content (AvgIpc) is 1.77. The molecule has 3 N–H and O–H groups in total. The molecule has 0 bridgehead atoms. The normalized spacial score (nSPS) is 14.9. The van der Waals surface area contributed by atoms with E-state index >= 15 is 0 Å². The Kier molecular flexibility index (Phi) is 11.1. The van der Waals surface area contributed by atoms with Crippen LogP contribution in [-0.2, 0) is 9.13 Å². The van der Waals surface area contributed by atoms with Gasteiger partial charge in [-0.15, -0.1) is 0 Å². The van der Waals surface area contributed by atoms with Gasteiger partial charge in [0.25, 0.3) is 0 Å². The van der Waals surface area contributed by atoms with Crippen molar-refractivity contribution in [1.29, 1.82) is 0 Å². The summed E-state index contributed by atoms with van der Waals surface area (Å²) in [7, 11) is -10.8. The van der Waals surface area contributed by atoms with Crippen molar-refractivity contribution in [2.75, 3.05) is 0 Å². The molecule has 0 aliphatic carbocycles. The van der Waals surface area contributed by atoms with Crippen LogP contribution in [0, 0.1) is 0 Å². The van der Waals surface area contributed by atoms with Crippen molar-refractivity contribution in [3.63, 3.8) is 0 Å². The second-order valence-electron chi connectivity index (χ2n) is 2.61. The minimum atomic E-state index is -5.39. The summed E-state index contributed by atoms with van der Waals surface area (Å²) < 4.78 is 17.1. The highest BCUT2D eigenvalue weighted by atomic mass is 31.2. The third kappa shape index (κ3) is 248. The Labute approximate surface area is 91.8 Å². The summed E-state index contributed by atoms with van der Waals surface area (Å²) in [6, 6.07) is 0. The van der Waals surface area contributed by atoms with E-state index in [4.69, 9.17) is 49.3 Å². The number of rotatable bonds is 1. The second kappa shape index (κ2) is 8.26. The molecule has 0 aromatic heterocycles. The SMILES string of the molecule is CCC(C)(N)O.O=P([O-])([O-])[O-].O=P([O-])([O-])[O-]. The Morgan fingerprint density at radius 3 is 1.12 bits per heavy atom. The van der Waals surface area contributed by atoms with E-state index in [0.29, 0.717) is 6.42 Å². The van der Waals surface area contributed by atoms with E-state index in [0.717, 1.165) is 0 Å². The largest absolute Gasteiger partial charge is 0.822 e. The van der Waals surface area contributed by atoms with Crippen molar-refractivity contribution in [1.82, 2.24) is 0 Å². The van der Waals surface area contributed by atoms with Gasteiger partial charge in [-0.3, -0.25) is 0 Å². The fraction of sp³-hybridized carbons (Fsp3) is 1.00. The Balaban J connectivity index is -0.000000160. The van der Waals surface area contributed by atoms with Gasteiger partial charge in [-0.05, 0) is 13.3 Å². The summed E-state index contributed by atoms with van der Waals surface area (Å²) in [6.45, 7) is 3.41. The molecule has 0 spiro atoms. The molecule has 0 aromatic carbocycles. The molecular formula is C4H11NO9P2-6. The van der Waals surface area contributed by atoms with E-state index in [-0.39, 0.29) is 0 Å². The van der Waals surface area contributed by atoms with Gasteiger partial charge in [0.1, 0.15) is 5.72 Å². The number of nitrogens with two attached hydrogens (primary N) is 1. The van der Waals surface area contributed by atoms with Gasteiger partial charge in [0, 0.05) is 0 Å². The molecule has 0 rings (SSSR count). The van der Waals surface area contributed by atoms with Gasteiger partial charge in [-0.1, -0.05) is 6.92 Å². The standard InChI is InChI=1S/C4H11NO.2H3O4P/c1-3-4(2,5)6;2*1-5(2,3)4/h6H,3,5H2,1-2H3;2*(H3,1,2,3,4)/p-6. The lowest BCUT2D eigenvalue weighted by atomic mass is 10.2. The maximum atomic E-state index is 8.60. The summed E-state index contributed by atoms with van der Waals surface area (Å²) in [5.41, 5.74) is 4.13. The molecule has 0 heterocycles. The van der Waals surface area contributed by atoms with E-state index in [9.17, 15) is 0 Å². The lowest BCUT2D eigenvalue weighted by molar-refractivity contribution is -0.434. The molecule has 102 valence electrons. The summed E-state index contributed by atoms with van der Waals surface area (Å²) >= 11 is 0. The molecule has 0 aromatic rings. The number of phosphoric acid groups is 2. The van der Waals surface area contributed by atoms with Crippen LogP contribution in [-0.4, -0.2) is 10.8 Å². The molecule has 1 atom stereocenters. The van der Waals surface area contributed by atoms with Crippen molar-refractivity contribution < 1.29 is 43.6 Å². The zero-order valence-electron chi connectivity index (χ0n) is 8.39. The van der Waals surface area contributed by atoms with Crippen LogP contribution in [0.4, 0.5) is 0 Å². The summed E-state index contributed by atoms with van der Waals surface area (Å²) in [5.74, 6) is 0. The molecule has 16 heavy (non-hydrogen) atoms. The number of hydrogen-bond acceptors (Lipinski definition) is 10. The van der Waals surface area contributed by atoms with Crippen LogP contribution in [0.2, 0.25) is 0 Å². The van der Waals surface area contributed by atoms with Gasteiger partial charge >= 0.3 is 0 Å². The highest BCUT2D eigenvalue weighted by molar-refractivity contribution is 7.40. The Morgan fingerprint density at radius 2 is 1.12 bits per heavy atom. The maximum absolute atomic E-state index is 8.60. The van der Waals surface area contributed by atoms with Crippen molar-refractivity contribution in [3.05, 3.63) is 0 Å². The first kappa shape index (κ1) is 21.4. The van der Waals surface area contributed by atoms with Gasteiger partial charge < -0.3 is 49.3 Å². The molecule has 0 aliphatic heterocycles. The zero-order valence-corrected chi connectivity index (χ0v) is 10.2. The zero-order chi connectivity index (χ0) is 14.2. The quantitative estimate of drug-likeness (QED) is 0.342. The molecular weight excluding hydrogens is 268 g/mol. The highest BCUT2D eigenvalue weighted by Gasteiger charge is 2.06. The molecule has 0 aliphatic rings. The third-order valence-electron chi connectivity index (χ3n) is 0.716. The minimum absolute atomic E-state index is 0.604. The Morgan fingerprint density at radius 1 is 1.06 bits per heavy atom. The first-order valence-corrected chi connectivity index (χ1v) is 6.45. The van der Waals surface area contributed by atoms with Crippen LogP contribution in [0.25, 0.3) is 0 Å². The van der Waals surface area contributed by atoms with Gasteiger partial charge in [-0.2, -0.15) is 15.6 Å². The van der Waals surface area contributed by atoms with E-state index in [1.165, 1.54) is 0 Å². The van der Waals surface area contributed by atoms with Crippen molar-refractivity contribution >= 4 is 15.6 Å². The second-order valence-corrected chi connectivity index (χ2v) is 4.39. The molecule has 0 fully saturated rings. The van der Waals surface area contributed by atoms with Crippen LogP contribution in [0.3, 0.4) is 0 Å². The van der Waals surface area contributed by atoms with Crippen molar-refractivity contribution in [2.45, 2.75) is 26.0 Å². The third-order valence-corrected chi connectivity index (χ3v) is 0.716. The van der Waals surface area contributed by atoms with E-state index in [1.54, 1.807) is 6.92 Å². The molecule has 0 saturated carbocycles. The number of aliphatic hydroxyl groups is 1. The van der Waals surface area contributed by atoms with Crippen LogP contribution < -0.4 is 35.1 Å². The molecule has 0 radical (unpaired) electrons. The first-order valence-electron chi connectivity index (χ1n) is 3.53. The summed E-state index contributed by atoms with van der Waals surface area (Å²) in [5, 5.41) is 8.60. The maximum Gasteiger partial charge on any atom is 0.110 e. The lowest BCUT2D eigenvalue weighted by Crippen LogP contribution is -2.34. The lowest BCUT2D eigenvalue weighted by Gasteiger charge is -2.36. The minimum Gasteiger partial charge on any atom is -0.822 e. The van der Waals surface area contributed by atoms with Crippen LogP contribution in [0.15, 0.2) is 0 Å². The van der Waals surface area contributed by atoms with Crippen LogP contribution in [0.1, 0.15) is 20.3 Å². The molecule has 0 amide bonds. The summed E-state index contributed by atoms with van der Waals surface area (Å²) in [6.07, 6.45) is 0.604. The predicted molar refractivity (Wildman–Crippen MR) is 40.3 cm³/mol. The smallest absolute Gasteiger partial charge is 0.110 e. The summed E-state index contributed by atoms with van der Waals surface area (Å²) in [4.78, 5) is 51.3. The fourth-order valence-corrected chi connectivity index (χ4v) is 0. The van der Waals surface area contributed by atoms with E-state index < -0.39 is 21.4 Å². The van der Waals surface area contributed by atoms with Crippen LogP contribution in [0.5, 0.6) is 0 Å². The molecule has 12 heteroatoms. The molecule has 0 saturated heterocycles. The predicted octanol–water partition coefficient (Wildman–Crippen LogP) is -5.59.